The summed E-state index contributed by atoms with van der Waals surface area (Å²) in [5.41, 5.74) is -1.05. The standard InChI is InChI=1S/C37H46ClN3O6/c1-6-20-39(26-16-18-27(19-17-26)46-8-3)33(43)30-31-34(44)41(22-12-9-13-23-42)32(37(31)24-25(4)36(30,5)47-37)35(45)40(21-7-2)29-15-11-10-14-28(29)38/h6-7,10-11,14-19,25,30-32,42H,1-2,8-9,12-13,20-24H2,3-5H3/t25?,30-,31+,32?,36+,37?/m1/s1. The van der Waals surface area contributed by atoms with Gasteiger partial charge in [0.05, 0.1) is 34.8 Å². The average molecular weight is 664 g/mol. The molecule has 5 rings (SSSR count). The SMILES string of the molecule is C=CCN(C(=O)[C@H]1[C@H]2C(=O)N(CCCCCO)C(C(=O)N(CC=C)c3ccccc3Cl)C23CC(C)[C@]1(C)O3)c1ccc(OCC)cc1. The zero-order valence-corrected chi connectivity index (χ0v) is 28.3. The maximum Gasteiger partial charge on any atom is 0.253 e. The Morgan fingerprint density at radius 2 is 1.74 bits per heavy atom. The van der Waals surface area contributed by atoms with Crippen molar-refractivity contribution in [2.24, 2.45) is 17.8 Å². The summed E-state index contributed by atoms with van der Waals surface area (Å²) < 4.78 is 12.6. The van der Waals surface area contributed by atoms with Gasteiger partial charge in [0.2, 0.25) is 11.8 Å². The zero-order valence-electron chi connectivity index (χ0n) is 27.6. The van der Waals surface area contributed by atoms with Gasteiger partial charge in [-0.1, -0.05) is 42.8 Å². The highest BCUT2D eigenvalue weighted by Gasteiger charge is 2.80. The van der Waals surface area contributed by atoms with Crippen molar-refractivity contribution in [3.05, 3.63) is 78.9 Å². The molecule has 47 heavy (non-hydrogen) atoms. The first-order chi connectivity index (χ1) is 22.6. The second kappa shape index (κ2) is 14.2. The summed E-state index contributed by atoms with van der Waals surface area (Å²) in [6.45, 7) is 14.9. The lowest BCUT2D eigenvalue weighted by Gasteiger charge is -2.39. The van der Waals surface area contributed by atoms with Crippen molar-refractivity contribution < 1.29 is 29.0 Å². The van der Waals surface area contributed by atoms with Crippen LogP contribution in [0.1, 0.15) is 46.5 Å². The zero-order chi connectivity index (χ0) is 33.9. The maximum atomic E-state index is 14.9. The van der Waals surface area contributed by atoms with Gasteiger partial charge in [-0.25, -0.2) is 0 Å². The summed E-state index contributed by atoms with van der Waals surface area (Å²) in [5.74, 6) is -1.96. The number of rotatable bonds is 15. The molecule has 0 radical (unpaired) electrons. The van der Waals surface area contributed by atoms with Crippen LogP contribution in [0.3, 0.4) is 0 Å². The Morgan fingerprint density at radius 1 is 1.06 bits per heavy atom. The van der Waals surface area contributed by atoms with E-state index in [1.54, 1.807) is 45.1 Å². The van der Waals surface area contributed by atoms with Gasteiger partial charge in [0.15, 0.2) is 0 Å². The Morgan fingerprint density at radius 3 is 2.38 bits per heavy atom. The number of para-hydroxylation sites is 1. The molecule has 6 atom stereocenters. The van der Waals surface area contributed by atoms with E-state index in [9.17, 15) is 19.5 Å². The molecular weight excluding hydrogens is 618 g/mol. The van der Waals surface area contributed by atoms with Gasteiger partial charge in [-0.05, 0) is 81.8 Å². The quantitative estimate of drug-likeness (QED) is 0.195. The molecule has 1 N–H and O–H groups in total. The molecule has 10 heteroatoms. The Balaban J connectivity index is 1.59. The predicted molar refractivity (Wildman–Crippen MR) is 184 cm³/mol. The molecule has 3 aliphatic heterocycles. The Bertz CT molecular complexity index is 1500. The van der Waals surface area contributed by atoms with Crippen molar-refractivity contribution in [3.63, 3.8) is 0 Å². The Labute approximate surface area is 282 Å². The second-order valence-electron chi connectivity index (χ2n) is 12.9. The van der Waals surface area contributed by atoms with E-state index in [1.807, 2.05) is 51.1 Å². The molecular formula is C37H46ClN3O6. The van der Waals surface area contributed by atoms with E-state index in [2.05, 4.69) is 13.2 Å². The van der Waals surface area contributed by atoms with Gasteiger partial charge in [0.25, 0.3) is 5.91 Å². The van der Waals surface area contributed by atoms with Gasteiger partial charge in [0.1, 0.15) is 17.4 Å². The molecule has 3 heterocycles. The van der Waals surface area contributed by atoms with Crippen molar-refractivity contribution in [3.8, 4) is 5.75 Å². The summed E-state index contributed by atoms with van der Waals surface area (Å²) in [4.78, 5) is 49.2. The number of hydrogen-bond donors (Lipinski definition) is 1. The lowest BCUT2D eigenvalue weighted by Crippen LogP contribution is -2.57. The molecule has 3 fully saturated rings. The summed E-state index contributed by atoms with van der Waals surface area (Å²) in [6.07, 6.45) is 5.60. The van der Waals surface area contributed by atoms with E-state index >= 15 is 0 Å². The fraction of sp³-hybridized carbons (Fsp3) is 0.486. The van der Waals surface area contributed by atoms with Crippen molar-refractivity contribution in [1.82, 2.24) is 4.90 Å². The van der Waals surface area contributed by atoms with Gasteiger partial charge in [-0.2, -0.15) is 0 Å². The highest BCUT2D eigenvalue weighted by molar-refractivity contribution is 6.34. The molecule has 252 valence electrons. The fourth-order valence-corrected chi connectivity index (χ4v) is 8.21. The van der Waals surface area contributed by atoms with Crippen molar-refractivity contribution >= 4 is 40.7 Å². The van der Waals surface area contributed by atoms with Gasteiger partial charge >= 0.3 is 0 Å². The minimum Gasteiger partial charge on any atom is -0.494 e. The van der Waals surface area contributed by atoms with Crippen LogP contribution < -0.4 is 14.5 Å². The molecule has 0 aromatic heterocycles. The van der Waals surface area contributed by atoms with Crippen LogP contribution in [-0.4, -0.2) is 77.8 Å². The van der Waals surface area contributed by atoms with E-state index in [4.69, 9.17) is 21.1 Å². The molecule has 3 aliphatic rings. The number of amides is 3. The number of ether oxygens (including phenoxy) is 2. The molecule has 9 nitrogen and oxygen atoms in total. The van der Waals surface area contributed by atoms with Crippen LogP contribution >= 0.6 is 11.6 Å². The third-order valence-electron chi connectivity index (χ3n) is 10.1. The first-order valence-corrected chi connectivity index (χ1v) is 16.9. The van der Waals surface area contributed by atoms with E-state index in [-0.39, 0.29) is 43.3 Å². The number of hydrogen-bond acceptors (Lipinski definition) is 6. The minimum atomic E-state index is -1.22. The predicted octanol–water partition coefficient (Wildman–Crippen LogP) is 5.65. The summed E-state index contributed by atoms with van der Waals surface area (Å²) in [7, 11) is 0. The number of unbranched alkanes of at least 4 members (excludes halogenated alkanes) is 2. The molecule has 0 saturated carbocycles. The number of carbonyl (C=O) groups is 3. The van der Waals surface area contributed by atoms with E-state index < -0.39 is 29.1 Å². The number of fused-ring (bicyclic) bond motifs is 1. The number of aliphatic hydroxyl groups excluding tert-OH is 1. The molecule has 2 aromatic rings. The first-order valence-electron chi connectivity index (χ1n) is 16.5. The smallest absolute Gasteiger partial charge is 0.253 e. The molecule has 0 aliphatic carbocycles. The summed E-state index contributed by atoms with van der Waals surface area (Å²) in [6, 6.07) is 13.4. The van der Waals surface area contributed by atoms with E-state index in [1.165, 1.54) is 0 Å². The third kappa shape index (κ3) is 5.98. The van der Waals surface area contributed by atoms with Gasteiger partial charge in [0, 0.05) is 31.9 Å². The second-order valence-corrected chi connectivity index (χ2v) is 13.3. The number of halogens is 1. The Hall–Kier alpha value is -3.66. The first kappa shape index (κ1) is 34.7. The topological polar surface area (TPSA) is 99.6 Å². The lowest BCUT2D eigenvalue weighted by atomic mass is 9.62. The van der Waals surface area contributed by atoms with Gasteiger partial charge < -0.3 is 29.3 Å². The van der Waals surface area contributed by atoms with Crippen LogP contribution in [0.2, 0.25) is 5.02 Å². The molecule has 1 spiro atoms. The number of carbonyl (C=O) groups excluding carboxylic acids is 3. The summed E-state index contributed by atoms with van der Waals surface area (Å²) >= 11 is 6.61. The highest BCUT2D eigenvalue weighted by atomic mass is 35.5. The molecule has 2 bridgehead atoms. The summed E-state index contributed by atoms with van der Waals surface area (Å²) in [5, 5.41) is 9.79. The minimum absolute atomic E-state index is 0.0444. The highest BCUT2D eigenvalue weighted by Crippen LogP contribution is 2.65. The fourth-order valence-electron chi connectivity index (χ4n) is 7.97. The van der Waals surface area contributed by atoms with Gasteiger partial charge in [-0.15, -0.1) is 13.2 Å². The number of nitrogens with zero attached hydrogens (tertiary/aromatic N) is 3. The van der Waals surface area contributed by atoms with Crippen LogP contribution in [-0.2, 0) is 19.1 Å². The van der Waals surface area contributed by atoms with E-state index in [0.717, 1.165) is 0 Å². The van der Waals surface area contributed by atoms with Crippen LogP contribution in [0.15, 0.2) is 73.8 Å². The van der Waals surface area contributed by atoms with Crippen LogP contribution in [0.5, 0.6) is 5.75 Å². The molecule has 2 aromatic carbocycles. The lowest BCUT2D eigenvalue weighted by molar-refractivity contribution is -0.145. The maximum absolute atomic E-state index is 14.9. The van der Waals surface area contributed by atoms with Crippen LogP contribution in [0.25, 0.3) is 0 Å². The number of benzene rings is 2. The molecule has 3 unspecified atom stereocenters. The van der Waals surface area contributed by atoms with Crippen molar-refractivity contribution in [2.75, 3.05) is 42.6 Å². The molecule has 3 saturated heterocycles. The van der Waals surface area contributed by atoms with Crippen LogP contribution in [0, 0.1) is 17.8 Å². The molecule has 3 amide bonds. The van der Waals surface area contributed by atoms with Gasteiger partial charge in [-0.3, -0.25) is 14.4 Å². The van der Waals surface area contributed by atoms with Crippen molar-refractivity contribution in [2.45, 2.75) is 63.7 Å². The van der Waals surface area contributed by atoms with E-state index in [0.29, 0.717) is 61.0 Å². The number of likely N-dealkylation sites (tertiary alicyclic amines) is 1. The number of anilines is 2. The average Bonchev–Trinajstić information content (AvgIpc) is 3.57. The number of aliphatic hydroxyl groups is 1. The normalized spacial score (nSPS) is 27.4. The monoisotopic (exact) mass is 663 g/mol. The van der Waals surface area contributed by atoms with Crippen LogP contribution in [0.4, 0.5) is 11.4 Å². The third-order valence-corrected chi connectivity index (χ3v) is 10.4. The van der Waals surface area contributed by atoms with Crippen molar-refractivity contribution in [1.29, 1.82) is 0 Å². The largest absolute Gasteiger partial charge is 0.494 e. The Kier molecular flexibility index (Phi) is 10.5.